The molecule has 0 unspecified atom stereocenters. The predicted molar refractivity (Wildman–Crippen MR) is 326 cm³/mol. The standard InChI is InChI=1S/C73H42N8/c74-43-46-19-33-69-61(37-46)62-38-47(44-75)20-34-70(62)81(69)57-31-36-72-64(41-57)63-40-56(80-67-17-9-7-15-59(67)60-16-8-10-18-68(60)80)30-35-71(63)79(72)55-28-25-49(26-29-55)48-21-23-50(24-22-48)58-32-27-53(39-54(58)45-76)66-42-65(51-11-3-1-4-12-51)77-73(78-66)52-13-5-2-6-14-52/h1-42H. The maximum Gasteiger partial charge on any atom is 0.160 e. The average Bonchev–Trinajstić information content (AvgIpc) is 4.38. The summed E-state index contributed by atoms with van der Waals surface area (Å²) >= 11 is 0. The van der Waals surface area contributed by atoms with Crippen LogP contribution in [0.25, 0.3) is 139 Å². The van der Waals surface area contributed by atoms with Crippen LogP contribution in [0.15, 0.2) is 255 Å². The Bertz CT molecular complexity index is 5000. The maximum absolute atomic E-state index is 10.6. The predicted octanol–water partition coefficient (Wildman–Crippen LogP) is 17.7. The van der Waals surface area contributed by atoms with E-state index in [4.69, 9.17) is 9.97 Å². The van der Waals surface area contributed by atoms with E-state index in [2.05, 4.69) is 165 Å². The van der Waals surface area contributed by atoms with Crippen molar-refractivity contribution in [2.45, 2.75) is 0 Å². The number of hydrogen-bond acceptors (Lipinski definition) is 5. The topological polar surface area (TPSA) is 112 Å². The van der Waals surface area contributed by atoms with E-state index in [1.165, 1.54) is 10.8 Å². The molecule has 0 bridgehead atoms. The molecule has 0 aliphatic heterocycles. The summed E-state index contributed by atoms with van der Waals surface area (Å²) in [5.41, 5.74) is 19.3. The molecule has 0 N–H and O–H groups in total. The van der Waals surface area contributed by atoms with Gasteiger partial charge in [0.25, 0.3) is 0 Å². The molecule has 4 aromatic heterocycles. The molecule has 81 heavy (non-hydrogen) atoms. The Hall–Kier alpha value is -11.6. The molecule has 0 aliphatic rings. The molecule has 0 saturated heterocycles. The van der Waals surface area contributed by atoms with Gasteiger partial charge in [0.05, 0.1) is 79.4 Å². The first-order chi connectivity index (χ1) is 40.0. The molecule has 0 atom stereocenters. The van der Waals surface area contributed by atoms with Gasteiger partial charge >= 0.3 is 0 Å². The third-order valence-corrected chi connectivity index (χ3v) is 15.8. The van der Waals surface area contributed by atoms with Crippen LogP contribution in [0.3, 0.4) is 0 Å². The third-order valence-electron chi connectivity index (χ3n) is 15.8. The first-order valence-corrected chi connectivity index (χ1v) is 26.7. The van der Waals surface area contributed by atoms with E-state index in [-0.39, 0.29) is 0 Å². The zero-order valence-corrected chi connectivity index (χ0v) is 43.3. The average molecular weight is 1030 g/mol. The molecule has 15 aromatic rings. The van der Waals surface area contributed by atoms with Gasteiger partial charge in [0, 0.05) is 66.1 Å². The van der Waals surface area contributed by atoms with Crippen molar-refractivity contribution in [2.75, 3.05) is 0 Å². The lowest BCUT2D eigenvalue weighted by atomic mass is 9.95. The van der Waals surface area contributed by atoms with Gasteiger partial charge < -0.3 is 13.7 Å². The summed E-state index contributed by atoms with van der Waals surface area (Å²) in [6, 6.07) is 94.5. The second-order valence-corrected chi connectivity index (χ2v) is 20.3. The van der Waals surface area contributed by atoms with E-state index in [0.29, 0.717) is 22.5 Å². The molecule has 0 fully saturated rings. The Morgan fingerprint density at radius 2 is 0.679 bits per heavy atom. The van der Waals surface area contributed by atoms with Crippen LogP contribution in [0.4, 0.5) is 0 Å². The number of nitrogens with zero attached hydrogens (tertiary/aromatic N) is 8. The third kappa shape index (κ3) is 7.73. The number of nitriles is 3. The summed E-state index contributed by atoms with van der Waals surface area (Å²) in [4.78, 5) is 9.96. The quantitative estimate of drug-likeness (QED) is 0.150. The normalized spacial score (nSPS) is 11.4. The van der Waals surface area contributed by atoms with Gasteiger partial charge in [-0.3, -0.25) is 0 Å². The Morgan fingerprint density at radius 1 is 0.272 bits per heavy atom. The summed E-state index contributed by atoms with van der Waals surface area (Å²) < 4.78 is 6.95. The van der Waals surface area contributed by atoms with Crippen molar-refractivity contribution in [1.82, 2.24) is 23.7 Å². The van der Waals surface area contributed by atoms with Crippen LogP contribution in [0.5, 0.6) is 0 Å². The fourth-order valence-electron chi connectivity index (χ4n) is 12.0. The van der Waals surface area contributed by atoms with Crippen LogP contribution in [0.1, 0.15) is 16.7 Å². The van der Waals surface area contributed by atoms with E-state index < -0.39 is 0 Å². The lowest BCUT2D eigenvalue weighted by Crippen LogP contribution is -1.96. The van der Waals surface area contributed by atoms with Crippen molar-refractivity contribution in [3.8, 4) is 91.4 Å². The molecule has 0 amide bonds. The second-order valence-electron chi connectivity index (χ2n) is 20.3. The fourth-order valence-corrected chi connectivity index (χ4v) is 12.0. The molecule has 0 aliphatic carbocycles. The van der Waals surface area contributed by atoms with Crippen LogP contribution in [-0.2, 0) is 0 Å². The van der Waals surface area contributed by atoms with Crippen LogP contribution >= 0.6 is 0 Å². The van der Waals surface area contributed by atoms with Gasteiger partial charge in [-0.1, -0.05) is 146 Å². The highest BCUT2D eigenvalue weighted by Crippen LogP contribution is 2.41. The molecule has 0 radical (unpaired) electrons. The molecule has 8 heteroatoms. The van der Waals surface area contributed by atoms with E-state index in [9.17, 15) is 15.8 Å². The molecule has 15 rings (SSSR count). The first-order valence-electron chi connectivity index (χ1n) is 26.7. The van der Waals surface area contributed by atoms with Crippen molar-refractivity contribution in [3.63, 3.8) is 0 Å². The van der Waals surface area contributed by atoms with E-state index in [1.54, 1.807) is 0 Å². The fraction of sp³-hybridized carbons (Fsp3) is 0. The molecule has 0 spiro atoms. The number of hydrogen-bond donors (Lipinski definition) is 0. The molecule has 0 saturated carbocycles. The molecule has 4 heterocycles. The Balaban J connectivity index is 0.813. The summed E-state index contributed by atoms with van der Waals surface area (Å²) in [7, 11) is 0. The number of fused-ring (bicyclic) bond motifs is 9. The lowest BCUT2D eigenvalue weighted by molar-refractivity contribution is 1.16. The highest BCUT2D eigenvalue weighted by Gasteiger charge is 2.21. The van der Waals surface area contributed by atoms with Gasteiger partial charge in [0.1, 0.15) is 0 Å². The highest BCUT2D eigenvalue weighted by molar-refractivity contribution is 6.14. The maximum atomic E-state index is 10.6. The SMILES string of the molecule is N#Cc1ccc2c(c1)c1cc(C#N)ccc1n2-c1ccc2c(c1)c1cc(-n3c4ccccc4c4ccccc43)ccc1n2-c1ccc(-c2ccc(-c3ccc(-c4cc(-c5ccccc5)nc(-c5ccccc5)n4)cc3C#N)cc2)cc1. The zero-order chi connectivity index (χ0) is 54.1. The number of rotatable bonds is 8. The second kappa shape index (κ2) is 18.8. The zero-order valence-electron chi connectivity index (χ0n) is 43.3. The van der Waals surface area contributed by atoms with Crippen LogP contribution < -0.4 is 0 Å². The number of benzene rings is 11. The molecular weight excluding hydrogens is 989 g/mol. The summed E-state index contributed by atoms with van der Waals surface area (Å²) in [6.07, 6.45) is 0. The Morgan fingerprint density at radius 3 is 1.21 bits per heavy atom. The number of para-hydroxylation sites is 2. The van der Waals surface area contributed by atoms with Gasteiger partial charge in [-0.25, -0.2) is 9.97 Å². The van der Waals surface area contributed by atoms with Gasteiger partial charge in [-0.05, 0) is 131 Å². The van der Waals surface area contributed by atoms with Crippen molar-refractivity contribution < 1.29 is 0 Å². The Labute approximate surface area is 465 Å². The van der Waals surface area contributed by atoms with E-state index in [0.717, 1.165) is 122 Å². The minimum atomic E-state index is 0.560. The molecule has 11 aromatic carbocycles. The highest BCUT2D eigenvalue weighted by atomic mass is 15.0. The van der Waals surface area contributed by atoms with Gasteiger partial charge in [0.15, 0.2) is 5.82 Å². The minimum absolute atomic E-state index is 0.560. The van der Waals surface area contributed by atoms with Crippen LogP contribution in [0, 0.1) is 34.0 Å². The van der Waals surface area contributed by atoms with Gasteiger partial charge in [-0.2, -0.15) is 15.8 Å². The monoisotopic (exact) mass is 1030 g/mol. The van der Waals surface area contributed by atoms with Crippen LogP contribution in [0.2, 0.25) is 0 Å². The van der Waals surface area contributed by atoms with Crippen LogP contribution in [-0.4, -0.2) is 23.7 Å². The van der Waals surface area contributed by atoms with Crippen molar-refractivity contribution in [3.05, 3.63) is 271 Å². The van der Waals surface area contributed by atoms with Gasteiger partial charge in [0.2, 0.25) is 0 Å². The summed E-state index contributed by atoms with van der Waals surface area (Å²) in [5, 5.41) is 36.9. The number of aromatic nitrogens is 5. The van der Waals surface area contributed by atoms with Crippen molar-refractivity contribution in [1.29, 1.82) is 15.8 Å². The van der Waals surface area contributed by atoms with Crippen molar-refractivity contribution >= 4 is 65.4 Å². The first kappa shape index (κ1) is 46.7. The smallest absolute Gasteiger partial charge is 0.160 e. The van der Waals surface area contributed by atoms with Crippen molar-refractivity contribution in [2.24, 2.45) is 0 Å². The van der Waals surface area contributed by atoms with E-state index >= 15 is 0 Å². The summed E-state index contributed by atoms with van der Waals surface area (Å²) in [5.74, 6) is 0.624. The molecular formula is C73H42N8. The van der Waals surface area contributed by atoms with E-state index in [1.807, 2.05) is 121 Å². The minimum Gasteiger partial charge on any atom is -0.309 e. The molecule has 8 nitrogen and oxygen atoms in total. The Kier molecular flexibility index (Phi) is 10.8. The molecule has 374 valence electrons. The van der Waals surface area contributed by atoms with Gasteiger partial charge in [-0.15, -0.1) is 0 Å². The largest absolute Gasteiger partial charge is 0.309 e. The lowest BCUT2D eigenvalue weighted by Gasteiger charge is -2.12. The summed E-state index contributed by atoms with van der Waals surface area (Å²) in [6.45, 7) is 0.